The molecular weight excluding hydrogens is 507 g/mol. The highest BCUT2D eigenvalue weighted by Crippen LogP contribution is 2.48. The number of nitrogens with two attached hydrogens (primary N) is 1. The molecule has 6 nitrogen and oxygen atoms in total. The lowest BCUT2D eigenvalue weighted by molar-refractivity contribution is -0.142. The molecule has 2 aromatic carbocycles. The highest BCUT2D eigenvalue weighted by molar-refractivity contribution is 5.85. The van der Waals surface area contributed by atoms with Crippen LogP contribution in [0.15, 0.2) is 48.7 Å². The van der Waals surface area contributed by atoms with E-state index in [4.69, 9.17) is 15.2 Å². The number of aromatic nitrogens is 1. The van der Waals surface area contributed by atoms with Gasteiger partial charge in [0.15, 0.2) is 0 Å². The zero-order valence-corrected chi connectivity index (χ0v) is 22.6. The molecule has 0 radical (unpaired) electrons. The lowest BCUT2D eigenvalue weighted by Gasteiger charge is -2.29. The summed E-state index contributed by atoms with van der Waals surface area (Å²) in [6, 6.07) is 13.3. The number of rotatable bonds is 8. The Labute approximate surface area is 228 Å². The van der Waals surface area contributed by atoms with E-state index in [9.17, 15) is 14.3 Å². The SMILES string of the molecule is COc1cc(-c2ccc([C@H]3CCc4ccc([C@H](C5CC5)[C@H](C)C(=O)O)cc4O3)cc2[C@H](C)N)c(F)cn1.Cl. The number of pyridine rings is 1. The molecule has 3 N–H and O–H groups in total. The number of benzene rings is 2. The largest absolute Gasteiger partial charge is 0.485 e. The first-order valence-corrected chi connectivity index (χ1v) is 12.9. The molecule has 1 aromatic heterocycles. The molecule has 1 fully saturated rings. The number of fused-ring (bicyclic) bond motifs is 1. The Morgan fingerprint density at radius 2 is 1.89 bits per heavy atom. The topological polar surface area (TPSA) is 94.7 Å². The van der Waals surface area contributed by atoms with Gasteiger partial charge in [0.2, 0.25) is 5.88 Å². The molecule has 38 heavy (non-hydrogen) atoms. The van der Waals surface area contributed by atoms with Crippen LogP contribution in [0.3, 0.4) is 0 Å². The third-order valence-corrected chi connectivity index (χ3v) is 7.75. The van der Waals surface area contributed by atoms with Crippen molar-refractivity contribution >= 4 is 18.4 Å². The van der Waals surface area contributed by atoms with Crippen LogP contribution >= 0.6 is 12.4 Å². The van der Waals surface area contributed by atoms with Crippen molar-refractivity contribution in [1.29, 1.82) is 0 Å². The molecule has 0 saturated heterocycles. The lowest BCUT2D eigenvalue weighted by atomic mass is 9.82. The minimum atomic E-state index is -0.764. The Morgan fingerprint density at radius 1 is 1.13 bits per heavy atom. The number of halogens is 2. The molecular formula is C30H34ClFN2O4. The summed E-state index contributed by atoms with van der Waals surface area (Å²) < 4.78 is 26.4. The zero-order valence-electron chi connectivity index (χ0n) is 21.8. The Kier molecular flexibility index (Phi) is 8.28. The normalized spacial score (nSPS) is 18.8. The fourth-order valence-corrected chi connectivity index (χ4v) is 5.55. The molecule has 4 atom stereocenters. The first-order chi connectivity index (χ1) is 17.8. The average Bonchev–Trinajstić information content (AvgIpc) is 3.73. The van der Waals surface area contributed by atoms with Crippen LogP contribution in [0.4, 0.5) is 4.39 Å². The summed E-state index contributed by atoms with van der Waals surface area (Å²) in [5.41, 5.74) is 11.4. The number of nitrogens with zero attached hydrogens (tertiary/aromatic N) is 1. The van der Waals surface area contributed by atoms with Gasteiger partial charge in [-0.05, 0) is 84.4 Å². The van der Waals surface area contributed by atoms with Gasteiger partial charge >= 0.3 is 5.97 Å². The van der Waals surface area contributed by atoms with E-state index in [1.165, 1.54) is 7.11 Å². The maximum absolute atomic E-state index is 14.7. The third-order valence-electron chi connectivity index (χ3n) is 7.75. The van der Waals surface area contributed by atoms with Crippen LogP contribution in [0, 0.1) is 17.7 Å². The fourth-order valence-electron chi connectivity index (χ4n) is 5.55. The summed E-state index contributed by atoms with van der Waals surface area (Å²) in [6.07, 6.45) is 4.78. The van der Waals surface area contributed by atoms with Gasteiger partial charge in [-0.15, -0.1) is 12.4 Å². The minimum absolute atomic E-state index is 0. The van der Waals surface area contributed by atoms with Crippen molar-refractivity contribution < 1.29 is 23.8 Å². The van der Waals surface area contributed by atoms with E-state index in [0.717, 1.165) is 59.9 Å². The van der Waals surface area contributed by atoms with Crippen molar-refractivity contribution in [3.8, 4) is 22.8 Å². The van der Waals surface area contributed by atoms with E-state index in [1.54, 1.807) is 13.0 Å². The summed E-state index contributed by atoms with van der Waals surface area (Å²) in [4.78, 5) is 15.7. The first-order valence-electron chi connectivity index (χ1n) is 12.9. The molecule has 0 bridgehead atoms. The highest BCUT2D eigenvalue weighted by atomic mass is 35.5. The molecule has 1 aliphatic carbocycles. The molecule has 0 amide bonds. The van der Waals surface area contributed by atoms with Gasteiger partial charge in [0, 0.05) is 17.7 Å². The minimum Gasteiger partial charge on any atom is -0.485 e. The fraction of sp³-hybridized carbons (Fsp3) is 0.400. The smallest absolute Gasteiger partial charge is 0.306 e. The Bertz CT molecular complexity index is 1330. The second-order valence-electron chi connectivity index (χ2n) is 10.3. The zero-order chi connectivity index (χ0) is 26.3. The van der Waals surface area contributed by atoms with Gasteiger partial charge in [-0.3, -0.25) is 4.79 Å². The van der Waals surface area contributed by atoms with Crippen molar-refractivity contribution in [2.75, 3.05) is 7.11 Å². The summed E-state index contributed by atoms with van der Waals surface area (Å²) in [5.74, 6) is -0.0980. The highest BCUT2D eigenvalue weighted by Gasteiger charge is 2.39. The molecule has 8 heteroatoms. The molecule has 202 valence electrons. The summed E-state index contributed by atoms with van der Waals surface area (Å²) in [6.45, 7) is 3.68. The van der Waals surface area contributed by atoms with Crippen molar-refractivity contribution in [3.05, 3.63) is 76.7 Å². The first kappa shape index (κ1) is 27.9. The predicted molar refractivity (Wildman–Crippen MR) is 146 cm³/mol. The molecule has 0 spiro atoms. The predicted octanol–water partition coefficient (Wildman–Crippen LogP) is 6.62. The van der Waals surface area contributed by atoms with Crippen molar-refractivity contribution in [3.63, 3.8) is 0 Å². The van der Waals surface area contributed by atoms with E-state index >= 15 is 0 Å². The van der Waals surface area contributed by atoms with Crippen molar-refractivity contribution in [1.82, 2.24) is 4.98 Å². The van der Waals surface area contributed by atoms with Crippen molar-refractivity contribution in [2.45, 2.75) is 57.6 Å². The third kappa shape index (κ3) is 5.49. The van der Waals surface area contributed by atoms with E-state index < -0.39 is 17.7 Å². The second-order valence-corrected chi connectivity index (χ2v) is 10.3. The number of ether oxygens (including phenoxy) is 2. The summed E-state index contributed by atoms with van der Waals surface area (Å²) in [7, 11) is 1.50. The van der Waals surface area contributed by atoms with E-state index in [-0.39, 0.29) is 30.5 Å². The number of aryl methyl sites for hydroxylation is 1. The molecule has 2 heterocycles. The van der Waals surface area contributed by atoms with Gasteiger partial charge in [-0.25, -0.2) is 9.37 Å². The number of hydrogen-bond donors (Lipinski definition) is 2. The van der Waals surface area contributed by atoms with Crippen LogP contribution in [-0.4, -0.2) is 23.2 Å². The Morgan fingerprint density at radius 3 is 2.55 bits per heavy atom. The molecule has 1 saturated carbocycles. The summed E-state index contributed by atoms with van der Waals surface area (Å²) >= 11 is 0. The number of methoxy groups -OCH3 is 1. The number of aliphatic carboxylic acids is 1. The van der Waals surface area contributed by atoms with Crippen molar-refractivity contribution in [2.24, 2.45) is 17.6 Å². The Balaban J connectivity index is 0.00000336. The molecule has 3 aromatic rings. The van der Waals surface area contributed by atoms with Crippen LogP contribution in [0.2, 0.25) is 0 Å². The molecule has 5 rings (SSSR count). The van der Waals surface area contributed by atoms with Gasteiger partial charge < -0.3 is 20.3 Å². The van der Waals surface area contributed by atoms with E-state index in [0.29, 0.717) is 22.9 Å². The quantitative estimate of drug-likeness (QED) is 0.333. The van der Waals surface area contributed by atoms with Gasteiger partial charge in [-0.1, -0.05) is 31.2 Å². The van der Waals surface area contributed by atoms with E-state index in [2.05, 4.69) is 17.1 Å². The number of carboxylic acid groups (broad SMARTS) is 1. The number of carboxylic acids is 1. The number of carbonyl (C=O) groups is 1. The van der Waals surface area contributed by atoms with Crippen LogP contribution in [0.25, 0.3) is 11.1 Å². The van der Waals surface area contributed by atoms with Gasteiger partial charge in [0.1, 0.15) is 17.7 Å². The molecule has 2 aliphatic rings. The van der Waals surface area contributed by atoms with Crippen LogP contribution in [0.1, 0.15) is 73.4 Å². The second kappa shape index (κ2) is 11.3. The van der Waals surface area contributed by atoms with Gasteiger partial charge in [0.25, 0.3) is 0 Å². The maximum Gasteiger partial charge on any atom is 0.306 e. The standard InChI is InChI=1S/C30H33FN2O4.ClH/c1-16(30(34)35)29(19-5-6-19)21-7-4-18-9-11-26(37-27(18)13-21)20-8-10-22(23(12-20)17(2)32)24-14-28(36-3)33-15-25(24)31;/h4,7-8,10,12-17,19,26,29H,5-6,9,11,32H2,1-3H3,(H,34,35);1H/t16-,17-,26+,29-;/m0./s1. The van der Waals surface area contributed by atoms with Crippen LogP contribution in [-0.2, 0) is 11.2 Å². The monoisotopic (exact) mass is 540 g/mol. The van der Waals surface area contributed by atoms with Gasteiger partial charge in [0.05, 0.1) is 19.2 Å². The van der Waals surface area contributed by atoms with Crippen LogP contribution in [0.5, 0.6) is 11.6 Å². The Hall–Kier alpha value is -3.16. The maximum atomic E-state index is 14.7. The van der Waals surface area contributed by atoms with Gasteiger partial charge in [-0.2, -0.15) is 0 Å². The van der Waals surface area contributed by atoms with E-state index in [1.807, 2.05) is 31.2 Å². The lowest BCUT2D eigenvalue weighted by Crippen LogP contribution is -2.21. The average molecular weight is 541 g/mol. The number of hydrogen-bond acceptors (Lipinski definition) is 5. The molecule has 0 unspecified atom stereocenters. The summed E-state index contributed by atoms with van der Waals surface area (Å²) in [5, 5.41) is 9.67. The molecule has 1 aliphatic heterocycles. The van der Waals surface area contributed by atoms with Crippen LogP contribution < -0.4 is 15.2 Å².